The van der Waals surface area contributed by atoms with Gasteiger partial charge < -0.3 is 15.0 Å². The molecule has 1 aliphatic heterocycles. The summed E-state index contributed by atoms with van der Waals surface area (Å²) in [6.45, 7) is 0.967. The second kappa shape index (κ2) is 4.52. The third-order valence-corrected chi connectivity index (χ3v) is 5.05. The van der Waals surface area contributed by atoms with Gasteiger partial charge in [0.1, 0.15) is 0 Å². The summed E-state index contributed by atoms with van der Waals surface area (Å²) in [6, 6.07) is 8.28. The highest BCUT2D eigenvalue weighted by molar-refractivity contribution is 5.83. The molecule has 3 heteroatoms. The van der Waals surface area contributed by atoms with Crippen LogP contribution in [0.2, 0.25) is 0 Å². The topological polar surface area (TPSA) is 40.2 Å². The van der Waals surface area contributed by atoms with Gasteiger partial charge in [-0.25, -0.2) is 0 Å². The highest BCUT2D eigenvalue weighted by atomic mass is 16.5. The first-order chi connectivity index (χ1) is 9.74. The number of nitrogen functional groups attached to an aromatic ring is 1. The second-order valence-corrected chi connectivity index (χ2v) is 6.46. The minimum Gasteiger partial charge on any atom is -0.399 e. The van der Waals surface area contributed by atoms with E-state index >= 15 is 0 Å². The Morgan fingerprint density at radius 2 is 2.05 bits per heavy atom. The molecule has 1 aliphatic carbocycles. The molecule has 1 unspecified atom stereocenters. The van der Waals surface area contributed by atoms with Gasteiger partial charge >= 0.3 is 0 Å². The predicted molar refractivity (Wildman–Crippen MR) is 81.7 cm³/mol. The number of nitrogens with zero attached hydrogens (tertiary/aromatic N) is 1. The van der Waals surface area contributed by atoms with Crippen molar-refractivity contribution in [2.75, 3.05) is 5.73 Å². The molecule has 3 nitrogen and oxygen atoms in total. The average Bonchev–Trinajstić information content (AvgIpc) is 3.14. The molecule has 1 atom stereocenters. The summed E-state index contributed by atoms with van der Waals surface area (Å²) >= 11 is 0. The SMILES string of the molecule is Nc1ccc2c(ccn2CC2CCC3(CCCC3)O2)c1. The van der Waals surface area contributed by atoms with E-state index < -0.39 is 0 Å². The molecule has 2 aromatic rings. The van der Waals surface area contributed by atoms with Crippen molar-refractivity contribution in [2.45, 2.75) is 56.8 Å². The lowest BCUT2D eigenvalue weighted by Crippen LogP contribution is -2.26. The molecule has 1 aromatic heterocycles. The third-order valence-electron chi connectivity index (χ3n) is 5.05. The van der Waals surface area contributed by atoms with Gasteiger partial charge in [-0.3, -0.25) is 0 Å². The Labute approximate surface area is 119 Å². The van der Waals surface area contributed by atoms with Crippen LogP contribution in [-0.2, 0) is 11.3 Å². The van der Waals surface area contributed by atoms with E-state index in [4.69, 9.17) is 10.5 Å². The minimum absolute atomic E-state index is 0.234. The van der Waals surface area contributed by atoms with Crippen molar-refractivity contribution in [3.63, 3.8) is 0 Å². The van der Waals surface area contributed by atoms with Crippen molar-refractivity contribution in [1.29, 1.82) is 0 Å². The van der Waals surface area contributed by atoms with Crippen LogP contribution in [0, 0.1) is 0 Å². The predicted octanol–water partition coefficient (Wildman–Crippen LogP) is 3.72. The standard InChI is InChI=1S/C17H22N2O/c18-14-3-4-16-13(11-14)6-10-19(16)12-15-5-9-17(20-15)7-1-2-8-17/h3-4,6,10-11,15H,1-2,5,7-9,12,18H2. The highest BCUT2D eigenvalue weighted by Gasteiger charge is 2.42. The van der Waals surface area contributed by atoms with Crippen LogP contribution in [0.3, 0.4) is 0 Å². The van der Waals surface area contributed by atoms with Gasteiger partial charge in [0.2, 0.25) is 0 Å². The number of fused-ring (bicyclic) bond motifs is 1. The van der Waals surface area contributed by atoms with Gasteiger partial charge in [0, 0.05) is 29.3 Å². The lowest BCUT2D eigenvalue weighted by molar-refractivity contribution is -0.0414. The van der Waals surface area contributed by atoms with Crippen LogP contribution in [0.4, 0.5) is 5.69 Å². The molecule has 1 spiro atoms. The molecule has 2 heterocycles. The Kier molecular flexibility index (Phi) is 2.77. The number of rotatable bonds is 2. The van der Waals surface area contributed by atoms with Gasteiger partial charge in [0.25, 0.3) is 0 Å². The first kappa shape index (κ1) is 12.3. The fraction of sp³-hybridized carbons (Fsp3) is 0.529. The number of benzene rings is 1. The van der Waals surface area contributed by atoms with Crippen molar-refractivity contribution >= 4 is 16.6 Å². The zero-order valence-electron chi connectivity index (χ0n) is 11.8. The normalized spacial score (nSPS) is 24.9. The van der Waals surface area contributed by atoms with Gasteiger partial charge in [-0.15, -0.1) is 0 Å². The molecule has 20 heavy (non-hydrogen) atoms. The lowest BCUT2D eigenvalue weighted by atomic mass is 9.98. The quantitative estimate of drug-likeness (QED) is 0.845. The zero-order valence-corrected chi connectivity index (χ0v) is 11.8. The van der Waals surface area contributed by atoms with Gasteiger partial charge in [0.05, 0.1) is 11.7 Å². The van der Waals surface area contributed by atoms with Crippen LogP contribution < -0.4 is 5.73 Å². The zero-order chi connectivity index (χ0) is 13.6. The molecule has 1 saturated heterocycles. The molecule has 2 fully saturated rings. The first-order valence-electron chi connectivity index (χ1n) is 7.76. The van der Waals surface area contributed by atoms with Crippen LogP contribution in [0.5, 0.6) is 0 Å². The maximum Gasteiger partial charge on any atom is 0.0762 e. The molecule has 0 radical (unpaired) electrons. The lowest BCUT2D eigenvalue weighted by Gasteiger charge is -2.24. The van der Waals surface area contributed by atoms with Gasteiger partial charge in [0.15, 0.2) is 0 Å². The monoisotopic (exact) mass is 270 g/mol. The molecule has 0 amide bonds. The van der Waals surface area contributed by atoms with E-state index in [0.29, 0.717) is 6.10 Å². The van der Waals surface area contributed by atoms with Crippen molar-refractivity contribution in [3.8, 4) is 0 Å². The van der Waals surface area contributed by atoms with E-state index in [1.165, 1.54) is 49.4 Å². The summed E-state index contributed by atoms with van der Waals surface area (Å²) in [5.74, 6) is 0. The van der Waals surface area contributed by atoms with Crippen LogP contribution >= 0.6 is 0 Å². The van der Waals surface area contributed by atoms with E-state index in [1.807, 2.05) is 12.1 Å². The Morgan fingerprint density at radius 3 is 2.90 bits per heavy atom. The van der Waals surface area contributed by atoms with E-state index in [2.05, 4.69) is 22.9 Å². The molecule has 1 aromatic carbocycles. The maximum atomic E-state index is 6.41. The molecule has 1 saturated carbocycles. The van der Waals surface area contributed by atoms with Crippen molar-refractivity contribution in [3.05, 3.63) is 30.5 Å². The summed E-state index contributed by atoms with van der Waals surface area (Å²) in [5.41, 5.74) is 8.17. The van der Waals surface area contributed by atoms with E-state index in [0.717, 1.165) is 12.2 Å². The molecular formula is C17H22N2O. The van der Waals surface area contributed by atoms with Gasteiger partial charge in [-0.2, -0.15) is 0 Å². The molecule has 2 N–H and O–H groups in total. The van der Waals surface area contributed by atoms with Crippen LogP contribution in [0.15, 0.2) is 30.5 Å². The summed E-state index contributed by atoms with van der Waals surface area (Å²) in [5, 5.41) is 1.22. The van der Waals surface area contributed by atoms with Crippen molar-refractivity contribution in [1.82, 2.24) is 4.57 Å². The molecule has 4 rings (SSSR count). The first-order valence-corrected chi connectivity index (χ1v) is 7.76. The summed E-state index contributed by atoms with van der Waals surface area (Å²) in [4.78, 5) is 0. The fourth-order valence-electron chi connectivity index (χ4n) is 4.01. The van der Waals surface area contributed by atoms with Crippen LogP contribution in [0.25, 0.3) is 10.9 Å². The van der Waals surface area contributed by atoms with E-state index in [9.17, 15) is 0 Å². The Bertz CT molecular complexity index is 625. The Hall–Kier alpha value is -1.48. The number of nitrogens with two attached hydrogens (primary N) is 1. The highest BCUT2D eigenvalue weighted by Crippen LogP contribution is 2.43. The Balaban J connectivity index is 1.53. The molecule has 0 bridgehead atoms. The molecular weight excluding hydrogens is 248 g/mol. The Morgan fingerprint density at radius 1 is 1.20 bits per heavy atom. The molecule has 2 aliphatic rings. The second-order valence-electron chi connectivity index (χ2n) is 6.46. The third kappa shape index (κ3) is 2.01. The smallest absolute Gasteiger partial charge is 0.0762 e. The number of hydrogen-bond acceptors (Lipinski definition) is 2. The number of hydrogen-bond donors (Lipinski definition) is 1. The summed E-state index contributed by atoms with van der Waals surface area (Å²) < 4.78 is 8.72. The summed E-state index contributed by atoms with van der Waals surface area (Å²) in [6.07, 6.45) is 10.2. The number of anilines is 1. The van der Waals surface area contributed by atoms with Gasteiger partial charge in [-0.1, -0.05) is 12.8 Å². The fourth-order valence-corrected chi connectivity index (χ4v) is 4.01. The number of aromatic nitrogens is 1. The number of ether oxygens (including phenoxy) is 1. The minimum atomic E-state index is 0.234. The largest absolute Gasteiger partial charge is 0.399 e. The van der Waals surface area contributed by atoms with Gasteiger partial charge in [-0.05, 0) is 49.9 Å². The molecule has 106 valence electrons. The maximum absolute atomic E-state index is 6.41. The summed E-state index contributed by atoms with van der Waals surface area (Å²) in [7, 11) is 0. The average molecular weight is 270 g/mol. The van der Waals surface area contributed by atoms with E-state index in [1.54, 1.807) is 0 Å². The van der Waals surface area contributed by atoms with Crippen LogP contribution in [-0.4, -0.2) is 16.3 Å². The van der Waals surface area contributed by atoms with Crippen molar-refractivity contribution in [2.24, 2.45) is 0 Å². The van der Waals surface area contributed by atoms with Crippen molar-refractivity contribution < 1.29 is 4.74 Å². The van der Waals surface area contributed by atoms with Crippen LogP contribution in [0.1, 0.15) is 38.5 Å². The van der Waals surface area contributed by atoms with E-state index in [-0.39, 0.29) is 5.60 Å².